The van der Waals surface area contributed by atoms with E-state index in [0.29, 0.717) is 25.3 Å². The molecule has 120 valence electrons. The van der Waals surface area contributed by atoms with E-state index in [-0.39, 0.29) is 0 Å². The van der Waals surface area contributed by atoms with Gasteiger partial charge in [-0.1, -0.05) is 5.16 Å². The average molecular weight is 297 g/mol. The van der Waals surface area contributed by atoms with Gasteiger partial charge < -0.3 is 19.3 Å². The Morgan fingerprint density at radius 1 is 1.43 bits per heavy atom. The number of methoxy groups -OCH3 is 2. The Labute approximate surface area is 126 Å². The number of nitrogens with one attached hydrogen (secondary N) is 1. The van der Waals surface area contributed by atoms with Crippen molar-refractivity contribution in [3.05, 3.63) is 17.5 Å². The van der Waals surface area contributed by atoms with Crippen LogP contribution in [0.5, 0.6) is 0 Å². The highest BCUT2D eigenvalue weighted by atomic mass is 16.5. The Bertz CT molecular complexity index is 407. The average Bonchev–Trinajstić information content (AvgIpc) is 3.20. The van der Waals surface area contributed by atoms with E-state index >= 15 is 0 Å². The van der Waals surface area contributed by atoms with Gasteiger partial charge in [-0.3, -0.25) is 4.90 Å². The first-order valence-electron chi connectivity index (χ1n) is 7.62. The van der Waals surface area contributed by atoms with Crippen LogP contribution in [0, 0.1) is 0 Å². The molecule has 1 heterocycles. The highest BCUT2D eigenvalue weighted by Gasteiger charge is 2.21. The van der Waals surface area contributed by atoms with Crippen molar-refractivity contribution in [1.29, 1.82) is 0 Å². The molecule has 1 aromatic rings. The number of hydrogen-bond donors (Lipinski definition) is 1. The minimum atomic E-state index is 0.309. The number of hydrogen-bond acceptors (Lipinski definition) is 6. The number of nitrogens with zero attached hydrogens (tertiary/aromatic N) is 2. The molecule has 1 saturated carbocycles. The molecule has 0 spiro atoms. The Kier molecular flexibility index (Phi) is 6.63. The van der Waals surface area contributed by atoms with E-state index in [1.165, 1.54) is 12.8 Å². The maximum atomic E-state index is 5.44. The molecule has 6 heteroatoms. The van der Waals surface area contributed by atoms with E-state index in [0.717, 1.165) is 31.1 Å². The lowest BCUT2D eigenvalue weighted by Crippen LogP contribution is -2.37. The first kappa shape index (κ1) is 16.4. The highest BCUT2D eigenvalue weighted by Crippen LogP contribution is 2.19. The minimum absolute atomic E-state index is 0.309. The van der Waals surface area contributed by atoms with Crippen molar-refractivity contribution in [2.45, 2.75) is 44.9 Å². The predicted octanol–water partition coefficient (Wildman–Crippen LogP) is 1.41. The smallest absolute Gasteiger partial charge is 0.151 e. The van der Waals surface area contributed by atoms with Crippen LogP contribution in [0.4, 0.5) is 0 Å². The maximum absolute atomic E-state index is 5.44. The summed E-state index contributed by atoms with van der Waals surface area (Å²) >= 11 is 0. The van der Waals surface area contributed by atoms with Crippen molar-refractivity contribution in [2.24, 2.45) is 0 Å². The molecule has 1 N–H and O–H groups in total. The predicted molar refractivity (Wildman–Crippen MR) is 80.0 cm³/mol. The number of aromatic nitrogens is 1. The Morgan fingerprint density at radius 3 is 2.90 bits per heavy atom. The van der Waals surface area contributed by atoms with Crippen LogP contribution >= 0.6 is 0 Å². The van der Waals surface area contributed by atoms with Crippen molar-refractivity contribution < 1.29 is 14.0 Å². The molecule has 1 fully saturated rings. The minimum Gasteiger partial charge on any atom is -0.383 e. The number of ether oxygens (including phenoxy) is 2. The fourth-order valence-corrected chi connectivity index (χ4v) is 2.26. The van der Waals surface area contributed by atoms with E-state index in [9.17, 15) is 0 Å². The summed E-state index contributed by atoms with van der Waals surface area (Å²) in [6.45, 7) is 5.89. The molecule has 0 aliphatic heterocycles. The molecule has 6 nitrogen and oxygen atoms in total. The molecule has 0 radical (unpaired) electrons. The highest BCUT2D eigenvalue weighted by molar-refractivity contribution is 5.06. The molecule has 0 aromatic carbocycles. The summed E-state index contributed by atoms with van der Waals surface area (Å²) in [5, 5.41) is 7.57. The van der Waals surface area contributed by atoms with Gasteiger partial charge in [0.2, 0.25) is 0 Å². The van der Waals surface area contributed by atoms with E-state index in [1.807, 2.05) is 6.07 Å². The van der Waals surface area contributed by atoms with Crippen LogP contribution in [-0.4, -0.2) is 56.1 Å². The summed E-state index contributed by atoms with van der Waals surface area (Å²) in [6, 6.07) is 3.03. The third-order valence-electron chi connectivity index (χ3n) is 3.73. The van der Waals surface area contributed by atoms with Crippen LogP contribution in [0.25, 0.3) is 0 Å². The topological polar surface area (TPSA) is 59.8 Å². The summed E-state index contributed by atoms with van der Waals surface area (Å²) in [5.74, 6) is 0.890. The Hall–Kier alpha value is -0.950. The lowest BCUT2D eigenvalue weighted by Gasteiger charge is -2.27. The zero-order chi connectivity index (χ0) is 15.1. The summed E-state index contributed by atoms with van der Waals surface area (Å²) in [6.07, 6.45) is 2.56. The summed E-state index contributed by atoms with van der Waals surface area (Å²) < 4.78 is 15.9. The first-order valence-corrected chi connectivity index (χ1v) is 7.62. The zero-order valence-electron chi connectivity index (χ0n) is 13.3. The van der Waals surface area contributed by atoms with E-state index in [4.69, 9.17) is 14.0 Å². The number of rotatable bonds is 11. The van der Waals surface area contributed by atoms with Gasteiger partial charge in [-0.25, -0.2) is 0 Å². The molecule has 0 saturated heterocycles. The molecule has 1 aliphatic rings. The van der Waals surface area contributed by atoms with Crippen LogP contribution in [0.1, 0.15) is 31.2 Å². The SMILES string of the molecule is COCCN(Cc1cc(CNC2CC2)no1)C(C)COC. The molecule has 2 rings (SSSR count). The monoisotopic (exact) mass is 297 g/mol. The van der Waals surface area contributed by atoms with Gasteiger partial charge in [0, 0.05) is 45.5 Å². The van der Waals surface area contributed by atoms with Crippen molar-refractivity contribution in [2.75, 3.05) is 34.0 Å². The molecule has 0 amide bonds. The van der Waals surface area contributed by atoms with Gasteiger partial charge in [0.1, 0.15) is 0 Å². The second-order valence-electron chi connectivity index (χ2n) is 5.71. The summed E-state index contributed by atoms with van der Waals surface area (Å²) in [5.41, 5.74) is 0.975. The lowest BCUT2D eigenvalue weighted by molar-refractivity contribution is 0.0650. The fourth-order valence-electron chi connectivity index (χ4n) is 2.26. The van der Waals surface area contributed by atoms with Gasteiger partial charge in [-0.15, -0.1) is 0 Å². The van der Waals surface area contributed by atoms with Gasteiger partial charge in [0.15, 0.2) is 5.76 Å². The molecule has 1 aliphatic carbocycles. The van der Waals surface area contributed by atoms with E-state index in [2.05, 4.69) is 22.3 Å². The van der Waals surface area contributed by atoms with Crippen molar-refractivity contribution in [3.8, 4) is 0 Å². The third kappa shape index (κ3) is 5.74. The van der Waals surface area contributed by atoms with Crippen molar-refractivity contribution in [3.63, 3.8) is 0 Å². The normalized spacial score (nSPS) is 16.6. The largest absolute Gasteiger partial charge is 0.383 e. The maximum Gasteiger partial charge on any atom is 0.151 e. The fraction of sp³-hybridized carbons (Fsp3) is 0.800. The molecule has 1 aromatic heterocycles. The molecule has 21 heavy (non-hydrogen) atoms. The molecular formula is C15H27N3O3. The molecule has 1 atom stereocenters. The van der Waals surface area contributed by atoms with Crippen LogP contribution in [0.15, 0.2) is 10.6 Å². The Balaban J connectivity index is 1.85. The molecule has 0 bridgehead atoms. The van der Waals surface area contributed by atoms with E-state index < -0.39 is 0 Å². The first-order chi connectivity index (χ1) is 10.2. The van der Waals surface area contributed by atoms with Gasteiger partial charge >= 0.3 is 0 Å². The Morgan fingerprint density at radius 2 is 2.24 bits per heavy atom. The summed E-state index contributed by atoms with van der Waals surface area (Å²) in [4.78, 5) is 2.28. The summed E-state index contributed by atoms with van der Waals surface area (Å²) in [7, 11) is 3.44. The van der Waals surface area contributed by atoms with Crippen LogP contribution in [-0.2, 0) is 22.6 Å². The molecule has 1 unspecified atom stereocenters. The second-order valence-corrected chi connectivity index (χ2v) is 5.71. The van der Waals surface area contributed by atoms with Crippen molar-refractivity contribution >= 4 is 0 Å². The van der Waals surface area contributed by atoms with Crippen LogP contribution in [0.3, 0.4) is 0 Å². The second kappa shape index (κ2) is 8.48. The molecular weight excluding hydrogens is 270 g/mol. The van der Waals surface area contributed by atoms with Gasteiger partial charge in [-0.05, 0) is 19.8 Å². The standard InChI is InChI=1S/C15H27N3O3/c1-12(11-20-3)18(6-7-19-2)10-15-8-14(17-21-15)9-16-13-4-5-13/h8,12-13,16H,4-7,9-11H2,1-3H3. The lowest BCUT2D eigenvalue weighted by atomic mass is 10.2. The van der Waals surface area contributed by atoms with E-state index in [1.54, 1.807) is 14.2 Å². The zero-order valence-corrected chi connectivity index (χ0v) is 13.3. The van der Waals surface area contributed by atoms with Crippen LogP contribution < -0.4 is 5.32 Å². The quantitative estimate of drug-likeness (QED) is 0.666. The van der Waals surface area contributed by atoms with Gasteiger partial charge in [-0.2, -0.15) is 0 Å². The third-order valence-corrected chi connectivity index (χ3v) is 3.73. The van der Waals surface area contributed by atoms with Crippen molar-refractivity contribution in [1.82, 2.24) is 15.4 Å². The van der Waals surface area contributed by atoms with Gasteiger partial charge in [0.25, 0.3) is 0 Å². The van der Waals surface area contributed by atoms with Crippen LogP contribution in [0.2, 0.25) is 0 Å². The van der Waals surface area contributed by atoms with Gasteiger partial charge in [0.05, 0.1) is 25.5 Å².